The summed E-state index contributed by atoms with van der Waals surface area (Å²) < 4.78 is 0. The first-order chi connectivity index (χ1) is 6.45. The van der Waals surface area contributed by atoms with Crippen molar-refractivity contribution in [2.24, 2.45) is 0 Å². The molecule has 0 radical (unpaired) electrons. The van der Waals surface area contributed by atoms with Gasteiger partial charge in [-0.25, -0.2) is 0 Å². The lowest BCUT2D eigenvalue weighted by Gasteiger charge is -2.11. The maximum Gasteiger partial charge on any atom is 0.180 e. The van der Waals surface area contributed by atoms with Crippen LogP contribution in [0.4, 0.5) is 0 Å². The number of ketones is 1. The van der Waals surface area contributed by atoms with Gasteiger partial charge in [0.25, 0.3) is 0 Å². The Bertz CT molecular complexity index is 367. The van der Waals surface area contributed by atoms with E-state index in [1.807, 2.05) is 32.9 Å². The lowest BCUT2D eigenvalue weighted by atomic mass is 9.95. The number of carbonyl (C=O) groups is 1. The minimum atomic E-state index is -0.448. The molecule has 0 N–H and O–H groups in total. The summed E-state index contributed by atoms with van der Waals surface area (Å²) in [5, 5.41) is -0.448. The van der Waals surface area contributed by atoms with E-state index in [4.69, 9.17) is 11.6 Å². The highest BCUT2D eigenvalue weighted by Crippen LogP contribution is 2.19. The number of alkyl halides is 1. The van der Waals surface area contributed by atoms with E-state index in [-0.39, 0.29) is 5.78 Å². The molecule has 0 aliphatic carbocycles. The molecule has 1 nitrogen and oxygen atoms in total. The summed E-state index contributed by atoms with van der Waals surface area (Å²) in [6, 6.07) is 3.83. The summed E-state index contributed by atoms with van der Waals surface area (Å²) in [6.07, 6.45) is 0. The van der Waals surface area contributed by atoms with Crippen LogP contribution in [0.15, 0.2) is 12.1 Å². The van der Waals surface area contributed by atoms with Crippen LogP contribution in [0.1, 0.15) is 34.0 Å². The zero-order valence-corrected chi connectivity index (χ0v) is 9.77. The normalized spacial score (nSPS) is 12.6. The summed E-state index contributed by atoms with van der Waals surface area (Å²) in [5.41, 5.74) is 4.17. The molecule has 0 amide bonds. The maximum absolute atomic E-state index is 11.7. The van der Waals surface area contributed by atoms with E-state index in [1.165, 1.54) is 11.1 Å². The monoisotopic (exact) mass is 210 g/mol. The molecule has 0 spiro atoms. The second-order valence-electron chi connectivity index (χ2n) is 3.66. The van der Waals surface area contributed by atoms with Crippen LogP contribution in [0, 0.1) is 20.8 Å². The molecule has 14 heavy (non-hydrogen) atoms. The average Bonchev–Trinajstić information content (AvgIpc) is 2.13. The van der Waals surface area contributed by atoms with Gasteiger partial charge in [-0.15, -0.1) is 11.6 Å². The number of hydrogen-bond acceptors (Lipinski definition) is 1. The molecule has 1 aromatic rings. The maximum atomic E-state index is 11.7. The number of aryl methyl sites for hydroxylation is 1. The van der Waals surface area contributed by atoms with Crippen molar-refractivity contribution >= 4 is 17.4 Å². The van der Waals surface area contributed by atoms with E-state index in [1.54, 1.807) is 6.92 Å². The van der Waals surface area contributed by atoms with Gasteiger partial charge in [0, 0.05) is 5.56 Å². The first-order valence-corrected chi connectivity index (χ1v) is 5.14. The SMILES string of the molecule is Cc1ccc(C(=O)C(C)Cl)c(C)c1C. The van der Waals surface area contributed by atoms with E-state index >= 15 is 0 Å². The van der Waals surface area contributed by atoms with Gasteiger partial charge >= 0.3 is 0 Å². The minimum absolute atomic E-state index is 0.00673. The third kappa shape index (κ3) is 1.98. The van der Waals surface area contributed by atoms with Gasteiger partial charge in [0.1, 0.15) is 0 Å². The van der Waals surface area contributed by atoms with Crippen molar-refractivity contribution in [3.05, 3.63) is 34.4 Å². The van der Waals surface area contributed by atoms with Gasteiger partial charge < -0.3 is 0 Å². The number of benzene rings is 1. The highest BCUT2D eigenvalue weighted by atomic mass is 35.5. The van der Waals surface area contributed by atoms with E-state index in [0.717, 1.165) is 11.1 Å². The van der Waals surface area contributed by atoms with Gasteiger partial charge in [-0.2, -0.15) is 0 Å². The largest absolute Gasteiger partial charge is 0.293 e. The first kappa shape index (κ1) is 11.3. The summed E-state index contributed by atoms with van der Waals surface area (Å²) >= 11 is 5.78. The van der Waals surface area contributed by atoms with E-state index in [2.05, 4.69) is 0 Å². The fourth-order valence-electron chi connectivity index (χ4n) is 1.44. The number of halogens is 1. The highest BCUT2D eigenvalue weighted by molar-refractivity contribution is 6.33. The van der Waals surface area contributed by atoms with Gasteiger partial charge in [-0.1, -0.05) is 12.1 Å². The topological polar surface area (TPSA) is 17.1 Å². The van der Waals surface area contributed by atoms with E-state index in [9.17, 15) is 4.79 Å². The molecule has 0 saturated carbocycles. The van der Waals surface area contributed by atoms with Crippen LogP contribution in [0.3, 0.4) is 0 Å². The molecule has 0 aliphatic heterocycles. The van der Waals surface area contributed by atoms with Crippen LogP contribution in [0.25, 0.3) is 0 Å². The molecule has 1 unspecified atom stereocenters. The lowest BCUT2D eigenvalue weighted by Crippen LogP contribution is -2.12. The summed E-state index contributed by atoms with van der Waals surface area (Å²) in [6.45, 7) is 7.74. The molecule has 0 aliphatic rings. The van der Waals surface area contributed by atoms with E-state index in [0.29, 0.717) is 0 Å². The molecule has 0 fully saturated rings. The molecule has 0 aromatic heterocycles. The quantitative estimate of drug-likeness (QED) is 0.540. The summed E-state index contributed by atoms with van der Waals surface area (Å²) in [4.78, 5) is 11.7. The molecule has 0 heterocycles. The van der Waals surface area contributed by atoms with Gasteiger partial charge in [-0.3, -0.25) is 4.79 Å². The summed E-state index contributed by atoms with van der Waals surface area (Å²) in [5.74, 6) is 0.00673. The molecule has 0 bridgehead atoms. The van der Waals surface area contributed by atoms with Crippen LogP contribution in [0.2, 0.25) is 0 Å². The van der Waals surface area contributed by atoms with Crippen molar-refractivity contribution in [1.29, 1.82) is 0 Å². The predicted molar refractivity (Wildman–Crippen MR) is 60.3 cm³/mol. The Morgan fingerprint density at radius 2 is 1.79 bits per heavy atom. The molecule has 76 valence electrons. The van der Waals surface area contributed by atoms with Crippen molar-refractivity contribution in [2.75, 3.05) is 0 Å². The highest BCUT2D eigenvalue weighted by Gasteiger charge is 2.15. The first-order valence-electron chi connectivity index (χ1n) is 4.70. The average molecular weight is 211 g/mol. The molecule has 1 aromatic carbocycles. The van der Waals surface area contributed by atoms with Gasteiger partial charge in [0.15, 0.2) is 5.78 Å². The minimum Gasteiger partial charge on any atom is -0.293 e. The van der Waals surface area contributed by atoms with Crippen molar-refractivity contribution < 1.29 is 4.79 Å². The molecular weight excluding hydrogens is 196 g/mol. The zero-order chi connectivity index (χ0) is 10.9. The Kier molecular flexibility index (Phi) is 3.33. The van der Waals surface area contributed by atoms with Crippen molar-refractivity contribution in [1.82, 2.24) is 0 Å². The Morgan fingerprint density at radius 3 is 2.29 bits per heavy atom. The Balaban J connectivity index is 3.24. The van der Waals surface area contributed by atoms with Crippen molar-refractivity contribution in [2.45, 2.75) is 33.1 Å². The van der Waals surface area contributed by atoms with Crippen LogP contribution in [-0.4, -0.2) is 11.2 Å². The molecule has 0 saturated heterocycles. The molecular formula is C12H15ClO. The van der Waals surface area contributed by atoms with Crippen LogP contribution in [-0.2, 0) is 0 Å². The number of Topliss-reactive ketones (excluding diaryl/α,β-unsaturated/α-hetero) is 1. The Hall–Kier alpha value is -0.820. The second-order valence-corrected chi connectivity index (χ2v) is 4.31. The second kappa shape index (κ2) is 4.14. The lowest BCUT2D eigenvalue weighted by molar-refractivity contribution is 0.0991. The van der Waals surface area contributed by atoms with Crippen LogP contribution < -0.4 is 0 Å². The number of rotatable bonds is 2. The van der Waals surface area contributed by atoms with Gasteiger partial charge in [-0.05, 0) is 44.4 Å². The molecule has 1 atom stereocenters. The zero-order valence-electron chi connectivity index (χ0n) is 9.02. The van der Waals surface area contributed by atoms with Crippen molar-refractivity contribution in [3.63, 3.8) is 0 Å². The third-order valence-electron chi connectivity index (χ3n) is 2.68. The fraction of sp³-hybridized carbons (Fsp3) is 0.417. The van der Waals surface area contributed by atoms with Crippen molar-refractivity contribution in [3.8, 4) is 0 Å². The number of hydrogen-bond donors (Lipinski definition) is 0. The smallest absolute Gasteiger partial charge is 0.180 e. The number of carbonyl (C=O) groups excluding carboxylic acids is 1. The van der Waals surface area contributed by atoms with Gasteiger partial charge in [0.2, 0.25) is 0 Å². The van der Waals surface area contributed by atoms with Crippen LogP contribution in [0.5, 0.6) is 0 Å². The Morgan fingerprint density at radius 1 is 1.21 bits per heavy atom. The molecule has 1 rings (SSSR count). The Labute approximate surface area is 90.1 Å². The van der Waals surface area contributed by atoms with Crippen LogP contribution >= 0.6 is 11.6 Å². The van der Waals surface area contributed by atoms with E-state index < -0.39 is 5.38 Å². The molecule has 2 heteroatoms. The third-order valence-corrected chi connectivity index (χ3v) is 2.88. The predicted octanol–water partition coefficient (Wildman–Crippen LogP) is 3.42. The standard InChI is InChI=1S/C12H15ClO/c1-7-5-6-11(9(3)8(7)2)12(14)10(4)13/h5-6,10H,1-4H3. The van der Waals surface area contributed by atoms with Gasteiger partial charge in [0.05, 0.1) is 5.38 Å². The fourth-order valence-corrected chi connectivity index (χ4v) is 1.55. The summed E-state index contributed by atoms with van der Waals surface area (Å²) in [7, 11) is 0.